The standard InChI is InChI=1S/C17H9BrF3IN2O2/c18-12-7-9(8-13(22)14(12)25)6-11-15(17(19,20)21)23-24(16(11)26)10-4-2-1-3-5-10/h1-8,25H/b11-6-. The monoisotopic (exact) mass is 536 g/mol. The molecule has 0 fully saturated rings. The van der Waals surface area contributed by atoms with Gasteiger partial charge in [-0.15, -0.1) is 0 Å². The predicted molar refractivity (Wildman–Crippen MR) is 104 cm³/mol. The number of alkyl halides is 3. The molecule has 1 heterocycles. The molecule has 0 aliphatic carbocycles. The molecule has 2 aromatic rings. The van der Waals surface area contributed by atoms with Gasteiger partial charge in [0.15, 0.2) is 5.71 Å². The van der Waals surface area contributed by atoms with Crippen LogP contribution in [0.15, 0.2) is 57.6 Å². The second-order valence-corrected chi connectivity index (χ2v) is 7.31. The van der Waals surface area contributed by atoms with E-state index in [1.807, 2.05) is 22.6 Å². The molecule has 0 radical (unpaired) electrons. The summed E-state index contributed by atoms with van der Waals surface area (Å²) in [6.07, 6.45) is -3.67. The average molecular weight is 537 g/mol. The number of amides is 1. The molecule has 0 spiro atoms. The van der Waals surface area contributed by atoms with Crippen LogP contribution in [0.25, 0.3) is 6.08 Å². The molecule has 26 heavy (non-hydrogen) atoms. The highest BCUT2D eigenvalue weighted by atomic mass is 127. The van der Waals surface area contributed by atoms with Gasteiger partial charge in [0.25, 0.3) is 5.91 Å². The normalized spacial score (nSPS) is 16.3. The summed E-state index contributed by atoms with van der Waals surface area (Å²) in [5.41, 5.74) is -1.25. The molecule has 0 aromatic heterocycles. The van der Waals surface area contributed by atoms with Crippen LogP contribution in [0.2, 0.25) is 0 Å². The van der Waals surface area contributed by atoms with Crippen LogP contribution in [-0.2, 0) is 4.79 Å². The summed E-state index contributed by atoms with van der Waals surface area (Å²) < 4.78 is 40.9. The van der Waals surface area contributed by atoms with Gasteiger partial charge >= 0.3 is 6.18 Å². The van der Waals surface area contributed by atoms with Crippen molar-refractivity contribution in [2.75, 3.05) is 5.01 Å². The van der Waals surface area contributed by atoms with E-state index in [1.165, 1.54) is 24.3 Å². The zero-order chi connectivity index (χ0) is 19.1. The Bertz CT molecular complexity index is 920. The highest BCUT2D eigenvalue weighted by Crippen LogP contribution is 2.35. The third-order valence-electron chi connectivity index (χ3n) is 3.50. The van der Waals surface area contributed by atoms with Crippen LogP contribution in [0, 0.1) is 3.57 Å². The number of para-hydroxylation sites is 1. The van der Waals surface area contributed by atoms with Gasteiger partial charge in [-0.3, -0.25) is 4.79 Å². The highest BCUT2D eigenvalue weighted by molar-refractivity contribution is 14.1. The van der Waals surface area contributed by atoms with Crippen molar-refractivity contribution >= 4 is 61.9 Å². The molecule has 0 saturated carbocycles. The lowest BCUT2D eigenvalue weighted by atomic mass is 10.1. The molecule has 0 atom stereocenters. The number of hydrogen-bond donors (Lipinski definition) is 1. The van der Waals surface area contributed by atoms with Gasteiger partial charge in [-0.25, -0.2) is 0 Å². The second-order valence-electron chi connectivity index (χ2n) is 5.29. The third kappa shape index (κ3) is 3.63. The molecule has 3 rings (SSSR count). The van der Waals surface area contributed by atoms with E-state index in [4.69, 9.17) is 0 Å². The van der Waals surface area contributed by atoms with E-state index in [0.29, 0.717) is 13.6 Å². The van der Waals surface area contributed by atoms with Crippen LogP contribution in [-0.4, -0.2) is 22.9 Å². The molecule has 0 bridgehead atoms. The van der Waals surface area contributed by atoms with Gasteiger partial charge in [-0.2, -0.15) is 23.3 Å². The Morgan fingerprint density at radius 2 is 1.85 bits per heavy atom. The van der Waals surface area contributed by atoms with Crippen molar-refractivity contribution in [2.24, 2.45) is 5.10 Å². The number of anilines is 1. The van der Waals surface area contributed by atoms with E-state index in [9.17, 15) is 23.1 Å². The summed E-state index contributed by atoms with van der Waals surface area (Å²) in [7, 11) is 0. The smallest absolute Gasteiger partial charge is 0.435 e. The van der Waals surface area contributed by atoms with Crippen molar-refractivity contribution in [3.8, 4) is 5.75 Å². The number of phenolic OH excluding ortho intramolecular Hbond substituents is 1. The van der Waals surface area contributed by atoms with Crippen LogP contribution >= 0.6 is 38.5 Å². The van der Waals surface area contributed by atoms with Gasteiger partial charge in [-0.05, 0) is 74.4 Å². The van der Waals surface area contributed by atoms with Crippen LogP contribution < -0.4 is 5.01 Å². The summed E-state index contributed by atoms with van der Waals surface area (Å²) in [6, 6.07) is 10.8. The maximum atomic E-state index is 13.4. The van der Waals surface area contributed by atoms with E-state index in [1.54, 1.807) is 18.2 Å². The number of nitrogens with zero attached hydrogens (tertiary/aromatic N) is 2. The van der Waals surface area contributed by atoms with E-state index in [-0.39, 0.29) is 11.4 Å². The first kappa shape index (κ1) is 18.9. The topological polar surface area (TPSA) is 52.9 Å². The van der Waals surface area contributed by atoms with Gasteiger partial charge in [0.2, 0.25) is 0 Å². The third-order valence-corrected chi connectivity index (χ3v) is 4.92. The lowest BCUT2D eigenvalue weighted by molar-refractivity contribution is -0.114. The van der Waals surface area contributed by atoms with Crippen molar-refractivity contribution in [3.63, 3.8) is 0 Å². The molecule has 2 aromatic carbocycles. The van der Waals surface area contributed by atoms with Gasteiger partial charge in [0.05, 0.1) is 19.3 Å². The number of phenols is 1. The first-order chi connectivity index (χ1) is 12.2. The molecule has 134 valence electrons. The van der Waals surface area contributed by atoms with Crippen molar-refractivity contribution in [3.05, 3.63) is 61.6 Å². The first-order valence-corrected chi connectivity index (χ1v) is 9.01. The fourth-order valence-corrected chi connectivity index (χ4v) is 3.83. The Morgan fingerprint density at radius 3 is 2.42 bits per heavy atom. The molecule has 1 aliphatic rings. The van der Waals surface area contributed by atoms with Gasteiger partial charge < -0.3 is 5.11 Å². The lowest BCUT2D eigenvalue weighted by Crippen LogP contribution is -2.25. The fourth-order valence-electron chi connectivity index (χ4n) is 2.33. The van der Waals surface area contributed by atoms with E-state index in [0.717, 1.165) is 11.1 Å². The number of hydrogen-bond acceptors (Lipinski definition) is 3. The molecule has 0 saturated heterocycles. The van der Waals surface area contributed by atoms with Crippen LogP contribution in [0.3, 0.4) is 0 Å². The van der Waals surface area contributed by atoms with Crippen LogP contribution in [0.4, 0.5) is 18.9 Å². The second kappa shape index (κ2) is 7.03. The molecule has 1 N–H and O–H groups in total. The maximum Gasteiger partial charge on any atom is 0.435 e. The molecule has 4 nitrogen and oxygen atoms in total. The number of benzene rings is 2. The Balaban J connectivity index is 2.11. The summed E-state index contributed by atoms with van der Waals surface area (Å²) in [4.78, 5) is 12.6. The Kier molecular flexibility index (Phi) is 5.11. The highest BCUT2D eigenvalue weighted by Gasteiger charge is 2.46. The number of rotatable bonds is 2. The maximum absolute atomic E-state index is 13.4. The summed E-state index contributed by atoms with van der Waals surface area (Å²) in [5, 5.41) is 14.0. The van der Waals surface area contributed by atoms with Crippen molar-refractivity contribution in [2.45, 2.75) is 6.18 Å². The summed E-state index contributed by atoms with van der Waals surface area (Å²) >= 11 is 4.98. The van der Waals surface area contributed by atoms with Crippen molar-refractivity contribution < 1.29 is 23.1 Å². The van der Waals surface area contributed by atoms with Gasteiger partial charge in [0.1, 0.15) is 5.75 Å². The van der Waals surface area contributed by atoms with Crippen LogP contribution in [0.5, 0.6) is 5.75 Å². The van der Waals surface area contributed by atoms with Crippen molar-refractivity contribution in [1.82, 2.24) is 0 Å². The molecule has 1 aliphatic heterocycles. The largest absolute Gasteiger partial charge is 0.506 e. The quantitative estimate of drug-likeness (QED) is 0.428. The number of halogens is 5. The minimum atomic E-state index is -4.79. The van der Waals surface area contributed by atoms with Gasteiger partial charge in [0, 0.05) is 0 Å². The molecule has 9 heteroatoms. The van der Waals surface area contributed by atoms with E-state index in [2.05, 4.69) is 21.0 Å². The van der Waals surface area contributed by atoms with Crippen LogP contribution in [0.1, 0.15) is 5.56 Å². The summed E-state index contributed by atoms with van der Waals surface area (Å²) in [5.74, 6) is -0.899. The van der Waals surface area contributed by atoms with Crippen molar-refractivity contribution in [1.29, 1.82) is 0 Å². The number of aromatic hydroxyl groups is 1. The zero-order valence-corrected chi connectivity index (χ0v) is 16.5. The molecular formula is C17H9BrF3IN2O2. The molecule has 1 amide bonds. The Morgan fingerprint density at radius 1 is 1.19 bits per heavy atom. The minimum Gasteiger partial charge on any atom is -0.506 e. The van der Waals surface area contributed by atoms with Gasteiger partial charge in [-0.1, -0.05) is 18.2 Å². The number of carbonyl (C=O) groups excluding carboxylic acids is 1. The lowest BCUT2D eigenvalue weighted by Gasteiger charge is -2.11. The van der Waals surface area contributed by atoms with E-state index < -0.39 is 23.4 Å². The Labute approximate surface area is 168 Å². The number of carbonyl (C=O) groups is 1. The predicted octanol–water partition coefficient (Wildman–Crippen LogP) is 5.11. The zero-order valence-electron chi connectivity index (χ0n) is 12.8. The SMILES string of the molecule is O=C1/C(=C\c2cc(Br)c(O)c(I)c2)C(C(F)(F)F)=NN1c1ccccc1. The minimum absolute atomic E-state index is 0.0267. The fraction of sp³-hybridized carbons (Fsp3) is 0.0588. The number of hydrazone groups is 1. The first-order valence-electron chi connectivity index (χ1n) is 7.14. The Hall–Kier alpha value is -1.88. The molecular weight excluding hydrogens is 528 g/mol. The summed E-state index contributed by atoms with van der Waals surface area (Å²) in [6.45, 7) is 0. The average Bonchev–Trinajstić information content (AvgIpc) is 2.90. The van der Waals surface area contributed by atoms with E-state index >= 15 is 0 Å². The molecule has 0 unspecified atom stereocenters.